The highest BCUT2D eigenvalue weighted by molar-refractivity contribution is 5.34. The summed E-state index contributed by atoms with van der Waals surface area (Å²) in [4.78, 5) is 0. The van der Waals surface area contributed by atoms with E-state index in [1.807, 2.05) is 0 Å². The maximum Gasteiger partial charge on any atom is 0.416 e. The average Bonchev–Trinajstić information content (AvgIpc) is 2.34. The molecule has 0 aromatic heterocycles. The summed E-state index contributed by atoms with van der Waals surface area (Å²) in [6.07, 6.45) is -11.6. The van der Waals surface area contributed by atoms with Gasteiger partial charge in [-0.15, -0.1) is 0 Å². The number of nitrogens with two attached hydrogens (primary N) is 1. The second kappa shape index (κ2) is 6.32. The predicted molar refractivity (Wildman–Crippen MR) is 73.5 cm³/mol. The van der Waals surface area contributed by atoms with Crippen LogP contribution in [0.1, 0.15) is 50.0 Å². The molecule has 0 amide bonds. The Morgan fingerprint density at radius 3 is 1.61 bits per heavy atom. The van der Waals surface area contributed by atoms with Crippen LogP contribution >= 0.6 is 0 Å². The second-order valence-electron chi connectivity index (χ2n) is 6.56. The third kappa shape index (κ3) is 5.39. The minimum absolute atomic E-state index is 0.0277. The molecule has 2 nitrogen and oxygen atoms in total. The van der Waals surface area contributed by atoms with Crippen molar-refractivity contribution >= 4 is 0 Å². The van der Waals surface area contributed by atoms with Crippen LogP contribution < -0.4 is 5.73 Å². The third-order valence-electron chi connectivity index (χ3n) is 3.58. The van der Waals surface area contributed by atoms with E-state index in [1.165, 1.54) is 0 Å². The van der Waals surface area contributed by atoms with Crippen LogP contribution in [0.4, 0.5) is 26.3 Å². The second-order valence-corrected chi connectivity index (χ2v) is 6.56. The maximum absolute atomic E-state index is 12.8. The fraction of sp³-hybridized carbons (Fsp3) is 0.600. The standard InChI is InChI=1S/C15H19F6NO/c1-13(2,3)12(22)7-11(23)8-4-9(14(16,17)18)6-10(5-8)15(19,20)21/h4-6,11-12,23H,7,22H2,1-3H3/t11-,12+/m1/s1. The van der Waals surface area contributed by atoms with Gasteiger partial charge in [0.15, 0.2) is 0 Å². The van der Waals surface area contributed by atoms with E-state index in [0.29, 0.717) is 12.1 Å². The molecule has 0 saturated carbocycles. The third-order valence-corrected chi connectivity index (χ3v) is 3.58. The number of benzene rings is 1. The molecule has 0 saturated heterocycles. The summed E-state index contributed by atoms with van der Waals surface area (Å²) in [7, 11) is 0. The number of hydrogen-bond acceptors (Lipinski definition) is 2. The van der Waals surface area contributed by atoms with Gasteiger partial charge in [-0.2, -0.15) is 26.3 Å². The highest BCUT2D eigenvalue weighted by atomic mass is 19.4. The number of aliphatic hydroxyl groups excluding tert-OH is 1. The van der Waals surface area contributed by atoms with Crippen molar-refractivity contribution in [1.82, 2.24) is 0 Å². The number of aliphatic hydroxyl groups is 1. The zero-order chi connectivity index (χ0) is 18.2. The van der Waals surface area contributed by atoms with Crippen molar-refractivity contribution in [2.45, 2.75) is 51.7 Å². The van der Waals surface area contributed by atoms with Crippen molar-refractivity contribution in [2.24, 2.45) is 11.1 Å². The molecule has 0 heterocycles. The Morgan fingerprint density at radius 1 is 0.913 bits per heavy atom. The van der Waals surface area contributed by atoms with Gasteiger partial charge in [-0.1, -0.05) is 20.8 Å². The zero-order valence-electron chi connectivity index (χ0n) is 12.9. The predicted octanol–water partition coefficient (Wildman–Crippen LogP) is 4.52. The van der Waals surface area contributed by atoms with E-state index >= 15 is 0 Å². The summed E-state index contributed by atoms with van der Waals surface area (Å²) < 4.78 is 76.7. The van der Waals surface area contributed by atoms with Crippen LogP contribution in [0.15, 0.2) is 18.2 Å². The molecule has 8 heteroatoms. The smallest absolute Gasteiger partial charge is 0.388 e. The summed E-state index contributed by atoms with van der Waals surface area (Å²) in [5, 5.41) is 10.0. The van der Waals surface area contributed by atoms with E-state index in [-0.39, 0.29) is 12.5 Å². The molecule has 0 aliphatic heterocycles. The van der Waals surface area contributed by atoms with Crippen LogP contribution in [0.5, 0.6) is 0 Å². The molecular weight excluding hydrogens is 324 g/mol. The summed E-state index contributed by atoms with van der Waals surface area (Å²) in [6, 6.07) is 0.478. The van der Waals surface area contributed by atoms with Crippen LogP contribution in [-0.2, 0) is 12.4 Å². The lowest BCUT2D eigenvalue weighted by Crippen LogP contribution is -2.36. The number of rotatable bonds is 3. The molecule has 0 unspecified atom stereocenters. The van der Waals surface area contributed by atoms with E-state index in [0.717, 1.165) is 0 Å². The fourth-order valence-electron chi connectivity index (χ4n) is 1.90. The Labute approximate surface area is 130 Å². The Hall–Kier alpha value is -1.28. The highest BCUT2D eigenvalue weighted by Crippen LogP contribution is 2.38. The Morgan fingerprint density at radius 2 is 1.30 bits per heavy atom. The molecule has 0 bridgehead atoms. The van der Waals surface area contributed by atoms with E-state index < -0.39 is 46.6 Å². The van der Waals surface area contributed by atoms with Crippen LogP contribution in [0, 0.1) is 5.41 Å². The molecule has 0 fully saturated rings. The maximum atomic E-state index is 12.8. The van der Waals surface area contributed by atoms with Crippen molar-refractivity contribution in [1.29, 1.82) is 0 Å². The van der Waals surface area contributed by atoms with Crippen LogP contribution in [-0.4, -0.2) is 11.1 Å². The molecule has 1 rings (SSSR count). The normalized spacial score (nSPS) is 16.3. The van der Waals surface area contributed by atoms with Crippen molar-refractivity contribution in [3.8, 4) is 0 Å². The Bertz CT molecular complexity index is 512. The monoisotopic (exact) mass is 343 g/mol. The molecule has 23 heavy (non-hydrogen) atoms. The summed E-state index contributed by atoms with van der Waals surface area (Å²) in [5.74, 6) is 0. The van der Waals surface area contributed by atoms with Crippen molar-refractivity contribution in [3.05, 3.63) is 34.9 Å². The zero-order valence-corrected chi connectivity index (χ0v) is 12.9. The van der Waals surface area contributed by atoms with Crippen LogP contribution in [0.2, 0.25) is 0 Å². The Balaban J connectivity index is 3.25. The largest absolute Gasteiger partial charge is 0.416 e. The lowest BCUT2D eigenvalue weighted by Gasteiger charge is -2.29. The molecular formula is C15H19F6NO. The van der Waals surface area contributed by atoms with Gasteiger partial charge >= 0.3 is 12.4 Å². The van der Waals surface area contributed by atoms with Crippen molar-refractivity contribution < 1.29 is 31.4 Å². The first-order valence-corrected chi connectivity index (χ1v) is 6.85. The number of alkyl halides is 6. The van der Waals surface area contributed by atoms with Crippen LogP contribution in [0.3, 0.4) is 0 Å². The van der Waals surface area contributed by atoms with E-state index in [1.54, 1.807) is 20.8 Å². The summed E-state index contributed by atoms with van der Waals surface area (Å²) >= 11 is 0. The van der Waals surface area contributed by atoms with Gasteiger partial charge in [0.25, 0.3) is 0 Å². The average molecular weight is 343 g/mol. The van der Waals surface area contributed by atoms with Crippen molar-refractivity contribution in [3.63, 3.8) is 0 Å². The van der Waals surface area contributed by atoms with Gasteiger partial charge in [0.1, 0.15) is 0 Å². The minimum atomic E-state index is -4.94. The first-order valence-electron chi connectivity index (χ1n) is 6.85. The number of hydrogen-bond donors (Lipinski definition) is 2. The molecule has 0 radical (unpaired) electrons. The molecule has 1 aromatic rings. The van der Waals surface area contributed by atoms with Gasteiger partial charge in [0, 0.05) is 6.04 Å². The molecule has 1 aromatic carbocycles. The summed E-state index contributed by atoms with van der Waals surface area (Å²) in [5.41, 5.74) is 2.03. The fourth-order valence-corrected chi connectivity index (χ4v) is 1.90. The topological polar surface area (TPSA) is 46.2 Å². The minimum Gasteiger partial charge on any atom is -0.388 e. The molecule has 0 aliphatic rings. The SMILES string of the molecule is CC(C)(C)[C@@H](N)C[C@@H](O)c1cc(C(F)(F)F)cc(C(F)(F)F)c1. The first kappa shape index (κ1) is 19.8. The molecule has 2 atom stereocenters. The van der Waals surface area contributed by atoms with Crippen LogP contribution in [0.25, 0.3) is 0 Å². The van der Waals surface area contributed by atoms with E-state index in [9.17, 15) is 31.4 Å². The summed E-state index contributed by atoms with van der Waals surface area (Å²) in [6.45, 7) is 5.28. The van der Waals surface area contributed by atoms with Gasteiger partial charge in [-0.05, 0) is 35.6 Å². The molecule has 132 valence electrons. The van der Waals surface area contributed by atoms with E-state index in [2.05, 4.69) is 0 Å². The highest BCUT2D eigenvalue weighted by Gasteiger charge is 2.37. The van der Waals surface area contributed by atoms with Gasteiger partial charge in [0.05, 0.1) is 17.2 Å². The van der Waals surface area contributed by atoms with Crippen molar-refractivity contribution in [2.75, 3.05) is 0 Å². The van der Waals surface area contributed by atoms with Gasteiger partial charge < -0.3 is 10.8 Å². The molecule has 0 spiro atoms. The van der Waals surface area contributed by atoms with Gasteiger partial charge in [-0.25, -0.2) is 0 Å². The van der Waals surface area contributed by atoms with E-state index in [4.69, 9.17) is 5.73 Å². The Kier molecular flexibility index (Phi) is 5.43. The molecule has 0 aliphatic carbocycles. The molecule has 3 N–H and O–H groups in total. The quantitative estimate of drug-likeness (QED) is 0.793. The lowest BCUT2D eigenvalue weighted by molar-refractivity contribution is -0.143. The van der Waals surface area contributed by atoms with Gasteiger partial charge in [0.2, 0.25) is 0 Å². The number of halogens is 6. The van der Waals surface area contributed by atoms with Gasteiger partial charge in [-0.3, -0.25) is 0 Å². The lowest BCUT2D eigenvalue weighted by atomic mass is 9.83. The first-order chi connectivity index (χ1) is 10.1.